The topological polar surface area (TPSA) is 41.6 Å². The van der Waals surface area contributed by atoms with Crippen LogP contribution in [0.3, 0.4) is 0 Å². The number of benzene rings is 1. The van der Waals surface area contributed by atoms with E-state index in [0.717, 1.165) is 6.07 Å². The standard InChI is InChI=1S/C15H20F2N2O2/c1-10(11-4-12(16)6-13(17)5-11)18-14(20)19(3)7-15(2)8-21-9-15/h4-6,10H,7-9H2,1-3H3,(H,18,20). The molecule has 1 unspecified atom stereocenters. The summed E-state index contributed by atoms with van der Waals surface area (Å²) in [6, 6.07) is 2.49. The van der Waals surface area contributed by atoms with Crippen LogP contribution >= 0.6 is 0 Å². The van der Waals surface area contributed by atoms with E-state index < -0.39 is 17.7 Å². The van der Waals surface area contributed by atoms with E-state index in [0.29, 0.717) is 25.3 Å². The van der Waals surface area contributed by atoms with Gasteiger partial charge in [-0.3, -0.25) is 0 Å². The Balaban J connectivity index is 1.94. The molecule has 6 heteroatoms. The van der Waals surface area contributed by atoms with Crippen LogP contribution in [-0.2, 0) is 4.74 Å². The first-order valence-corrected chi connectivity index (χ1v) is 6.84. The molecule has 1 atom stereocenters. The van der Waals surface area contributed by atoms with Crippen molar-refractivity contribution in [1.82, 2.24) is 10.2 Å². The van der Waals surface area contributed by atoms with Crippen LogP contribution in [0.15, 0.2) is 18.2 Å². The maximum Gasteiger partial charge on any atom is 0.317 e. The van der Waals surface area contributed by atoms with Gasteiger partial charge in [-0.25, -0.2) is 13.6 Å². The van der Waals surface area contributed by atoms with E-state index >= 15 is 0 Å². The summed E-state index contributed by atoms with van der Waals surface area (Å²) < 4.78 is 31.5. The number of nitrogens with one attached hydrogen (secondary N) is 1. The maximum atomic E-state index is 13.2. The Bertz CT molecular complexity index is 512. The molecule has 0 bridgehead atoms. The maximum absolute atomic E-state index is 13.2. The van der Waals surface area contributed by atoms with Crippen LogP contribution in [-0.4, -0.2) is 37.7 Å². The van der Waals surface area contributed by atoms with Crippen LogP contribution in [0.4, 0.5) is 13.6 Å². The Kier molecular flexibility index (Phi) is 4.46. The Hall–Kier alpha value is -1.69. The molecule has 1 fully saturated rings. The number of nitrogens with zero attached hydrogens (tertiary/aromatic N) is 1. The predicted molar refractivity (Wildman–Crippen MR) is 74.9 cm³/mol. The Morgan fingerprint density at radius 1 is 1.38 bits per heavy atom. The quantitative estimate of drug-likeness (QED) is 0.928. The van der Waals surface area contributed by atoms with Crippen molar-refractivity contribution >= 4 is 6.03 Å². The van der Waals surface area contributed by atoms with Crippen molar-refractivity contribution < 1.29 is 18.3 Å². The fourth-order valence-electron chi connectivity index (χ4n) is 2.39. The first kappa shape index (κ1) is 15.7. The molecule has 116 valence electrons. The highest BCUT2D eigenvalue weighted by molar-refractivity contribution is 5.74. The van der Waals surface area contributed by atoms with Crippen LogP contribution in [0.1, 0.15) is 25.5 Å². The Morgan fingerprint density at radius 2 is 1.95 bits per heavy atom. The molecular formula is C15H20F2N2O2. The number of ether oxygens (including phenoxy) is 1. The molecule has 21 heavy (non-hydrogen) atoms. The molecule has 1 saturated heterocycles. The average molecular weight is 298 g/mol. The van der Waals surface area contributed by atoms with E-state index in [-0.39, 0.29) is 11.4 Å². The van der Waals surface area contributed by atoms with Crippen molar-refractivity contribution in [2.75, 3.05) is 26.8 Å². The van der Waals surface area contributed by atoms with E-state index in [9.17, 15) is 13.6 Å². The molecule has 1 aromatic rings. The van der Waals surface area contributed by atoms with Gasteiger partial charge in [-0.1, -0.05) is 6.92 Å². The SMILES string of the molecule is CC(NC(=O)N(C)CC1(C)COC1)c1cc(F)cc(F)c1. The summed E-state index contributed by atoms with van der Waals surface area (Å²) in [6.45, 7) is 5.58. The molecule has 0 radical (unpaired) electrons. The first-order valence-electron chi connectivity index (χ1n) is 6.84. The molecule has 1 heterocycles. The summed E-state index contributed by atoms with van der Waals surface area (Å²) in [5.41, 5.74) is 0.382. The van der Waals surface area contributed by atoms with Gasteiger partial charge in [-0.2, -0.15) is 0 Å². The molecule has 0 aromatic heterocycles. The molecule has 1 aromatic carbocycles. The number of hydrogen-bond acceptors (Lipinski definition) is 2. The highest BCUT2D eigenvalue weighted by Gasteiger charge is 2.35. The summed E-state index contributed by atoms with van der Waals surface area (Å²) in [5, 5.41) is 2.73. The fourth-order valence-corrected chi connectivity index (χ4v) is 2.39. The summed E-state index contributed by atoms with van der Waals surface area (Å²) in [7, 11) is 1.69. The number of hydrogen-bond donors (Lipinski definition) is 1. The van der Waals surface area contributed by atoms with E-state index in [4.69, 9.17) is 4.74 Å². The van der Waals surface area contributed by atoms with Crippen LogP contribution in [0, 0.1) is 17.0 Å². The Morgan fingerprint density at radius 3 is 2.43 bits per heavy atom. The minimum absolute atomic E-state index is 0.0136. The van der Waals surface area contributed by atoms with Gasteiger partial charge < -0.3 is 15.0 Å². The minimum Gasteiger partial charge on any atom is -0.380 e. The van der Waals surface area contributed by atoms with E-state index in [1.165, 1.54) is 12.1 Å². The normalized spacial score (nSPS) is 17.8. The number of carbonyl (C=O) groups is 1. The van der Waals surface area contributed by atoms with Gasteiger partial charge in [0.1, 0.15) is 11.6 Å². The van der Waals surface area contributed by atoms with Gasteiger partial charge >= 0.3 is 6.03 Å². The lowest BCUT2D eigenvalue weighted by atomic mass is 9.88. The summed E-state index contributed by atoms with van der Waals surface area (Å²) in [5.74, 6) is -1.31. The van der Waals surface area contributed by atoms with Gasteiger partial charge in [0.25, 0.3) is 0 Å². The first-order chi connectivity index (χ1) is 9.79. The predicted octanol–water partition coefficient (Wildman–Crippen LogP) is 2.70. The zero-order chi connectivity index (χ0) is 15.6. The number of amides is 2. The van der Waals surface area contributed by atoms with Crippen LogP contribution in [0.2, 0.25) is 0 Å². The van der Waals surface area contributed by atoms with Crippen molar-refractivity contribution in [1.29, 1.82) is 0 Å². The van der Waals surface area contributed by atoms with Crippen molar-refractivity contribution in [2.24, 2.45) is 5.41 Å². The highest BCUT2D eigenvalue weighted by Crippen LogP contribution is 2.27. The second-order valence-electron chi connectivity index (χ2n) is 6.03. The van der Waals surface area contributed by atoms with Crippen LogP contribution < -0.4 is 5.32 Å². The minimum atomic E-state index is -0.654. The van der Waals surface area contributed by atoms with Gasteiger partial charge in [-0.05, 0) is 24.6 Å². The zero-order valence-corrected chi connectivity index (χ0v) is 12.5. The molecular weight excluding hydrogens is 278 g/mol. The summed E-state index contributed by atoms with van der Waals surface area (Å²) >= 11 is 0. The van der Waals surface area contributed by atoms with E-state index in [1.54, 1.807) is 18.9 Å². The van der Waals surface area contributed by atoms with Crippen molar-refractivity contribution in [3.63, 3.8) is 0 Å². The Labute approximate surface area is 123 Å². The van der Waals surface area contributed by atoms with E-state index in [1.807, 2.05) is 6.92 Å². The monoisotopic (exact) mass is 298 g/mol. The number of urea groups is 1. The lowest BCUT2D eigenvalue weighted by Gasteiger charge is -2.40. The second kappa shape index (κ2) is 5.97. The second-order valence-corrected chi connectivity index (χ2v) is 6.03. The third-order valence-corrected chi connectivity index (χ3v) is 3.59. The number of halogens is 2. The average Bonchev–Trinajstić information content (AvgIpc) is 2.35. The zero-order valence-electron chi connectivity index (χ0n) is 12.5. The van der Waals surface area contributed by atoms with Crippen molar-refractivity contribution in [2.45, 2.75) is 19.9 Å². The van der Waals surface area contributed by atoms with Crippen LogP contribution in [0.5, 0.6) is 0 Å². The molecule has 1 aliphatic heterocycles. The van der Waals surface area contributed by atoms with Crippen LogP contribution in [0.25, 0.3) is 0 Å². The number of carbonyl (C=O) groups excluding carboxylic acids is 1. The van der Waals surface area contributed by atoms with Gasteiger partial charge in [0.15, 0.2) is 0 Å². The molecule has 0 aliphatic carbocycles. The molecule has 1 aliphatic rings. The lowest BCUT2D eigenvalue weighted by molar-refractivity contribution is -0.108. The third-order valence-electron chi connectivity index (χ3n) is 3.59. The highest BCUT2D eigenvalue weighted by atomic mass is 19.1. The van der Waals surface area contributed by atoms with E-state index in [2.05, 4.69) is 5.32 Å². The molecule has 4 nitrogen and oxygen atoms in total. The lowest BCUT2D eigenvalue weighted by Crippen LogP contribution is -2.51. The molecule has 2 rings (SSSR count). The third kappa shape index (κ3) is 3.91. The van der Waals surface area contributed by atoms with Gasteiger partial charge in [0, 0.05) is 25.1 Å². The summed E-state index contributed by atoms with van der Waals surface area (Å²) in [4.78, 5) is 13.7. The molecule has 2 amide bonds. The van der Waals surface area contributed by atoms with Crippen molar-refractivity contribution in [3.05, 3.63) is 35.4 Å². The molecule has 0 spiro atoms. The molecule has 0 saturated carbocycles. The van der Waals surface area contributed by atoms with Gasteiger partial charge in [0.2, 0.25) is 0 Å². The van der Waals surface area contributed by atoms with Gasteiger partial charge in [-0.15, -0.1) is 0 Å². The van der Waals surface area contributed by atoms with Crippen molar-refractivity contribution in [3.8, 4) is 0 Å². The summed E-state index contributed by atoms with van der Waals surface area (Å²) in [6.07, 6.45) is 0. The molecule has 1 N–H and O–H groups in total. The van der Waals surface area contributed by atoms with Gasteiger partial charge in [0.05, 0.1) is 19.3 Å². The fraction of sp³-hybridized carbons (Fsp3) is 0.533. The smallest absolute Gasteiger partial charge is 0.317 e. The largest absolute Gasteiger partial charge is 0.380 e. The number of rotatable bonds is 4.